The smallest absolute Gasteiger partial charge is 0.150 e. The predicted molar refractivity (Wildman–Crippen MR) is 56.6 cm³/mol. The standard InChI is InChI=1S/C10H12O3S/c11-5-7-1-3-8(4-2-7)10(13)9(12)6-14/h1-5,9-10,12-14H,6H2. The Morgan fingerprint density at radius 3 is 2.29 bits per heavy atom. The van der Waals surface area contributed by atoms with E-state index in [-0.39, 0.29) is 5.75 Å². The lowest BCUT2D eigenvalue weighted by atomic mass is 10.0. The molecule has 0 amide bonds. The van der Waals surface area contributed by atoms with Gasteiger partial charge in [-0.1, -0.05) is 24.3 Å². The van der Waals surface area contributed by atoms with E-state index < -0.39 is 12.2 Å². The molecule has 3 nitrogen and oxygen atoms in total. The number of aldehydes is 1. The molecule has 0 bridgehead atoms. The lowest BCUT2D eigenvalue weighted by Gasteiger charge is -2.15. The third kappa shape index (κ3) is 2.57. The molecule has 0 aliphatic carbocycles. The summed E-state index contributed by atoms with van der Waals surface area (Å²) in [5, 5.41) is 18.9. The van der Waals surface area contributed by atoms with E-state index in [4.69, 9.17) is 0 Å². The molecule has 0 fully saturated rings. The maximum absolute atomic E-state index is 10.4. The maximum atomic E-state index is 10.4. The van der Waals surface area contributed by atoms with E-state index in [0.717, 1.165) is 6.29 Å². The predicted octanol–water partition coefficient (Wildman–Crippen LogP) is 0.823. The number of thiol groups is 1. The molecule has 0 aliphatic rings. The van der Waals surface area contributed by atoms with Crippen molar-refractivity contribution >= 4 is 18.9 Å². The Morgan fingerprint density at radius 2 is 1.86 bits per heavy atom. The van der Waals surface area contributed by atoms with Crippen LogP contribution in [0, 0.1) is 0 Å². The Bertz CT molecular complexity index is 297. The second-order valence-corrected chi connectivity index (χ2v) is 3.34. The van der Waals surface area contributed by atoms with Crippen molar-refractivity contribution in [3.63, 3.8) is 0 Å². The number of rotatable bonds is 4. The van der Waals surface area contributed by atoms with Gasteiger partial charge < -0.3 is 10.2 Å². The van der Waals surface area contributed by atoms with Gasteiger partial charge in [0.2, 0.25) is 0 Å². The van der Waals surface area contributed by atoms with Crippen LogP contribution in [0.25, 0.3) is 0 Å². The zero-order valence-electron chi connectivity index (χ0n) is 7.50. The Balaban J connectivity index is 2.80. The van der Waals surface area contributed by atoms with Gasteiger partial charge in [-0.05, 0) is 5.56 Å². The van der Waals surface area contributed by atoms with E-state index in [0.29, 0.717) is 11.1 Å². The lowest BCUT2D eigenvalue weighted by molar-refractivity contribution is 0.0337. The van der Waals surface area contributed by atoms with Crippen molar-refractivity contribution in [2.45, 2.75) is 12.2 Å². The number of hydrogen-bond acceptors (Lipinski definition) is 4. The van der Waals surface area contributed by atoms with Crippen LogP contribution in [-0.4, -0.2) is 28.4 Å². The molecule has 2 unspecified atom stereocenters. The molecule has 0 saturated carbocycles. The molecular weight excluding hydrogens is 200 g/mol. The Hall–Kier alpha value is -0.840. The fourth-order valence-corrected chi connectivity index (χ4v) is 1.29. The van der Waals surface area contributed by atoms with Gasteiger partial charge in [0.05, 0.1) is 6.10 Å². The summed E-state index contributed by atoms with van der Waals surface area (Å²) in [5.74, 6) is 0.191. The van der Waals surface area contributed by atoms with Gasteiger partial charge in [-0.3, -0.25) is 4.79 Å². The molecule has 1 rings (SSSR count). The van der Waals surface area contributed by atoms with Crippen LogP contribution in [0.5, 0.6) is 0 Å². The SMILES string of the molecule is O=Cc1ccc(C(O)C(O)CS)cc1. The number of carbonyl (C=O) groups excluding carboxylic acids is 1. The van der Waals surface area contributed by atoms with Crippen LogP contribution in [0.15, 0.2) is 24.3 Å². The summed E-state index contributed by atoms with van der Waals surface area (Å²) in [7, 11) is 0. The molecule has 0 radical (unpaired) electrons. The first kappa shape index (κ1) is 11.2. The summed E-state index contributed by atoms with van der Waals surface area (Å²) in [6.45, 7) is 0. The average Bonchev–Trinajstić information content (AvgIpc) is 2.27. The molecule has 2 N–H and O–H groups in total. The Kier molecular flexibility index (Phi) is 4.13. The van der Waals surface area contributed by atoms with Gasteiger partial charge in [0.15, 0.2) is 0 Å². The molecule has 0 saturated heterocycles. The highest BCUT2D eigenvalue weighted by Gasteiger charge is 2.16. The quantitative estimate of drug-likeness (QED) is 0.511. The van der Waals surface area contributed by atoms with Gasteiger partial charge in [-0.2, -0.15) is 12.6 Å². The first-order valence-electron chi connectivity index (χ1n) is 4.21. The zero-order chi connectivity index (χ0) is 10.6. The van der Waals surface area contributed by atoms with Crippen LogP contribution < -0.4 is 0 Å². The monoisotopic (exact) mass is 212 g/mol. The molecule has 76 valence electrons. The summed E-state index contributed by atoms with van der Waals surface area (Å²) < 4.78 is 0. The molecule has 14 heavy (non-hydrogen) atoms. The molecule has 0 heterocycles. The van der Waals surface area contributed by atoms with Gasteiger partial charge >= 0.3 is 0 Å². The third-order valence-electron chi connectivity index (χ3n) is 1.97. The summed E-state index contributed by atoms with van der Waals surface area (Å²) in [5.41, 5.74) is 1.12. The van der Waals surface area contributed by atoms with Gasteiger partial charge in [-0.15, -0.1) is 0 Å². The number of aliphatic hydroxyl groups excluding tert-OH is 2. The van der Waals surface area contributed by atoms with Crippen LogP contribution >= 0.6 is 12.6 Å². The number of benzene rings is 1. The summed E-state index contributed by atoms with van der Waals surface area (Å²) in [6.07, 6.45) is -1.11. The minimum atomic E-state index is -0.951. The van der Waals surface area contributed by atoms with Gasteiger partial charge in [0, 0.05) is 11.3 Å². The minimum absolute atomic E-state index is 0.191. The molecule has 0 aliphatic heterocycles. The highest BCUT2D eigenvalue weighted by molar-refractivity contribution is 7.80. The molecular formula is C10H12O3S. The summed E-state index contributed by atoms with van der Waals surface area (Å²) in [4.78, 5) is 10.4. The van der Waals surface area contributed by atoms with E-state index >= 15 is 0 Å². The maximum Gasteiger partial charge on any atom is 0.150 e. The van der Waals surface area contributed by atoms with E-state index in [1.165, 1.54) is 0 Å². The number of hydrogen-bond donors (Lipinski definition) is 3. The summed E-state index contributed by atoms with van der Waals surface area (Å²) >= 11 is 3.88. The van der Waals surface area contributed by atoms with Crippen molar-refractivity contribution in [3.8, 4) is 0 Å². The topological polar surface area (TPSA) is 57.5 Å². The Labute approximate surface area is 87.8 Å². The van der Waals surface area contributed by atoms with E-state index in [2.05, 4.69) is 12.6 Å². The molecule has 0 spiro atoms. The fraction of sp³-hybridized carbons (Fsp3) is 0.300. The molecule has 1 aromatic rings. The van der Waals surface area contributed by atoms with Gasteiger partial charge in [-0.25, -0.2) is 0 Å². The van der Waals surface area contributed by atoms with Crippen molar-refractivity contribution < 1.29 is 15.0 Å². The van der Waals surface area contributed by atoms with Gasteiger partial charge in [0.25, 0.3) is 0 Å². The third-order valence-corrected chi connectivity index (χ3v) is 2.34. The van der Waals surface area contributed by atoms with Crippen LogP contribution in [0.2, 0.25) is 0 Å². The lowest BCUT2D eigenvalue weighted by Crippen LogP contribution is -2.19. The molecule has 4 heteroatoms. The van der Waals surface area contributed by atoms with Crippen LogP contribution in [0.3, 0.4) is 0 Å². The average molecular weight is 212 g/mol. The van der Waals surface area contributed by atoms with Gasteiger partial charge in [0.1, 0.15) is 12.4 Å². The van der Waals surface area contributed by atoms with E-state index in [1.54, 1.807) is 24.3 Å². The highest BCUT2D eigenvalue weighted by atomic mass is 32.1. The van der Waals surface area contributed by atoms with Crippen LogP contribution in [0.1, 0.15) is 22.0 Å². The minimum Gasteiger partial charge on any atom is -0.389 e. The van der Waals surface area contributed by atoms with Crippen LogP contribution in [-0.2, 0) is 0 Å². The fourth-order valence-electron chi connectivity index (χ4n) is 1.09. The molecule has 0 aromatic heterocycles. The largest absolute Gasteiger partial charge is 0.389 e. The van der Waals surface area contributed by atoms with E-state index in [1.807, 2.05) is 0 Å². The second-order valence-electron chi connectivity index (χ2n) is 2.98. The van der Waals surface area contributed by atoms with Crippen molar-refractivity contribution in [3.05, 3.63) is 35.4 Å². The van der Waals surface area contributed by atoms with Crippen molar-refractivity contribution in [1.29, 1.82) is 0 Å². The Morgan fingerprint density at radius 1 is 1.29 bits per heavy atom. The van der Waals surface area contributed by atoms with Crippen molar-refractivity contribution in [1.82, 2.24) is 0 Å². The normalized spacial score (nSPS) is 14.8. The second kappa shape index (κ2) is 5.14. The first-order valence-corrected chi connectivity index (χ1v) is 4.84. The summed E-state index contributed by atoms with van der Waals surface area (Å²) in [6, 6.07) is 6.41. The van der Waals surface area contributed by atoms with E-state index in [9.17, 15) is 15.0 Å². The molecule has 2 atom stereocenters. The van der Waals surface area contributed by atoms with Crippen molar-refractivity contribution in [2.24, 2.45) is 0 Å². The first-order chi connectivity index (χ1) is 6.69. The van der Waals surface area contributed by atoms with Crippen LogP contribution in [0.4, 0.5) is 0 Å². The zero-order valence-corrected chi connectivity index (χ0v) is 8.39. The number of carbonyl (C=O) groups is 1. The highest BCUT2D eigenvalue weighted by Crippen LogP contribution is 2.17. The molecule has 1 aromatic carbocycles. The van der Waals surface area contributed by atoms with Crippen molar-refractivity contribution in [2.75, 3.05) is 5.75 Å². The number of aliphatic hydroxyl groups is 2.